The van der Waals surface area contributed by atoms with Crippen molar-refractivity contribution in [3.8, 4) is 0 Å². The van der Waals surface area contributed by atoms with Crippen molar-refractivity contribution < 1.29 is 33.4 Å². The van der Waals surface area contributed by atoms with Gasteiger partial charge in [-0.15, -0.1) is 0 Å². The van der Waals surface area contributed by atoms with Crippen LogP contribution < -0.4 is 0 Å². The molecule has 0 aromatic heterocycles. The molecule has 0 unspecified atom stereocenters. The fourth-order valence-electron chi connectivity index (χ4n) is 2.55. The van der Waals surface area contributed by atoms with E-state index in [0.717, 1.165) is 0 Å². The van der Waals surface area contributed by atoms with Gasteiger partial charge in [-0.05, 0) is 19.4 Å². The van der Waals surface area contributed by atoms with E-state index in [1.165, 1.54) is 13.0 Å². The lowest BCUT2D eigenvalue weighted by molar-refractivity contribution is -0.146. The van der Waals surface area contributed by atoms with Crippen LogP contribution in [0, 0.1) is 0 Å². The highest BCUT2D eigenvalue weighted by Gasteiger charge is 2.19. The summed E-state index contributed by atoms with van der Waals surface area (Å²) < 4.78 is 15.0. The Morgan fingerprint density at radius 3 is 2.06 bits per heavy atom. The SMILES string of the molecule is C=C(C)C(=O)OCCCC(=O)OCCOC(=O)c1ccccc1C(=O)c1ccccc1. The van der Waals surface area contributed by atoms with E-state index < -0.39 is 17.9 Å². The molecule has 0 aliphatic carbocycles. The Labute approximate surface area is 180 Å². The Morgan fingerprint density at radius 2 is 1.39 bits per heavy atom. The zero-order valence-corrected chi connectivity index (χ0v) is 17.3. The third-order valence-corrected chi connectivity index (χ3v) is 4.11. The van der Waals surface area contributed by atoms with Crippen LogP contribution in [0.1, 0.15) is 46.0 Å². The molecule has 0 saturated heterocycles. The lowest BCUT2D eigenvalue weighted by Crippen LogP contribution is -2.17. The number of rotatable bonds is 11. The smallest absolute Gasteiger partial charge is 0.339 e. The van der Waals surface area contributed by atoms with Gasteiger partial charge in [-0.2, -0.15) is 0 Å². The van der Waals surface area contributed by atoms with E-state index in [1.54, 1.807) is 48.5 Å². The number of carbonyl (C=O) groups is 4. The van der Waals surface area contributed by atoms with Gasteiger partial charge in [-0.1, -0.05) is 55.1 Å². The molecule has 0 atom stereocenters. The Balaban J connectivity index is 1.77. The molecule has 0 aliphatic heterocycles. The van der Waals surface area contributed by atoms with Gasteiger partial charge < -0.3 is 14.2 Å². The van der Waals surface area contributed by atoms with Gasteiger partial charge in [0.1, 0.15) is 13.2 Å². The maximum atomic E-state index is 12.7. The molecular weight excluding hydrogens is 400 g/mol. The summed E-state index contributed by atoms with van der Waals surface area (Å²) in [6.45, 7) is 4.81. The van der Waals surface area contributed by atoms with E-state index in [4.69, 9.17) is 14.2 Å². The van der Waals surface area contributed by atoms with Crippen LogP contribution in [0.4, 0.5) is 0 Å². The Morgan fingerprint density at radius 1 is 0.774 bits per heavy atom. The number of hydrogen-bond donors (Lipinski definition) is 0. The third-order valence-electron chi connectivity index (χ3n) is 4.11. The summed E-state index contributed by atoms with van der Waals surface area (Å²) >= 11 is 0. The highest BCUT2D eigenvalue weighted by molar-refractivity contribution is 6.14. The maximum Gasteiger partial charge on any atom is 0.339 e. The predicted molar refractivity (Wildman–Crippen MR) is 113 cm³/mol. The van der Waals surface area contributed by atoms with Crippen LogP contribution in [0.2, 0.25) is 0 Å². The monoisotopic (exact) mass is 424 g/mol. The van der Waals surface area contributed by atoms with Gasteiger partial charge in [0.15, 0.2) is 5.78 Å². The molecule has 162 valence electrons. The summed E-state index contributed by atoms with van der Waals surface area (Å²) in [4.78, 5) is 48.0. The van der Waals surface area contributed by atoms with Crippen molar-refractivity contribution in [1.82, 2.24) is 0 Å². The van der Waals surface area contributed by atoms with Gasteiger partial charge in [0.25, 0.3) is 0 Å². The first-order valence-electron chi connectivity index (χ1n) is 9.74. The first-order valence-corrected chi connectivity index (χ1v) is 9.74. The summed E-state index contributed by atoms with van der Waals surface area (Å²) in [5.41, 5.74) is 1.13. The lowest BCUT2D eigenvalue weighted by Gasteiger charge is -2.10. The summed E-state index contributed by atoms with van der Waals surface area (Å²) in [6.07, 6.45) is 0.373. The summed E-state index contributed by atoms with van der Waals surface area (Å²) in [5.74, 6) is -1.97. The van der Waals surface area contributed by atoms with E-state index >= 15 is 0 Å². The van der Waals surface area contributed by atoms with E-state index in [9.17, 15) is 19.2 Å². The molecule has 0 amide bonds. The van der Waals surface area contributed by atoms with Crippen LogP contribution in [0.5, 0.6) is 0 Å². The van der Waals surface area contributed by atoms with Crippen molar-refractivity contribution in [1.29, 1.82) is 0 Å². The van der Waals surface area contributed by atoms with Crippen molar-refractivity contribution in [2.75, 3.05) is 19.8 Å². The first kappa shape index (κ1) is 23.5. The van der Waals surface area contributed by atoms with Crippen molar-refractivity contribution in [2.24, 2.45) is 0 Å². The molecular formula is C24H24O7. The van der Waals surface area contributed by atoms with Crippen LogP contribution in [-0.4, -0.2) is 43.5 Å². The van der Waals surface area contributed by atoms with Crippen LogP contribution >= 0.6 is 0 Å². The minimum absolute atomic E-state index is 0.0613. The molecule has 0 bridgehead atoms. The molecule has 0 saturated carbocycles. The van der Waals surface area contributed by atoms with E-state index in [1.807, 2.05) is 0 Å². The van der Waals surface area contributed by atoms with Crippen LogP contribution in [-0.2, 0) is 23.8 Å². The average Bonchev–Trinajstić information content (AvgIpc) is 2.79. The average molecular weight is 424 g/mol. The topological polar surface area (TPSA) is 96.0 Å². The Hall–Kier alpha value is -3.74. The quantitative estimate of drug-likeness (QED) is 0.179. The molecule has 7 nitrogen and oxygen atoms in total. The molecule has 2 rings (SSSR count). The maximum absolute atomic E-state index is 12.7. The Kier molecular flexibility index (Phi) is 9.16. The normalized spacial score (nSPS) is 10.1. The molecule has 31 heavy (non-hydrogen) atoms. The molecule has 2 aromatic carbocycles. The standard InChI is InChI=1S/C24H24O7/c1-17(2)23(27)30-14-8-13-21(25)29-15-16-31-24(28)20-12-7-6-11-19(20)22(26)18-9-4-3-5-10-18/h3-7,9-12H,1,8,13-16H2,2H3. The minimum Gasteiger partial charge on any atom is -0.462 e. The summed E-state index contributed by atoms with van der Waals surface area (Å²) in [5, 5.41) is 0. The molecule has 0 fully saturated rings. The van der Waals surface area contributed by atoms with Gasteiger partial charge >= 0.3 is 17.9 Å². The summed E-state index contributed by atoms with van der Waals surface area (Å²) in [6, 6.07) is 15.0. The van der Waals surface area contributed by atoms with E-state index in [0.29, 0.717) is 12.0 Å². The van der Waals surface area contributed by atoms with Crippen LogP contribution in [0.3, 0.4) is 0 Å². The molecule has 0 aliphatic rings. The minimum atomic E-state index is -0.678. The molecule has 0 heterocycles. The Bertz CT molecular complexity index is 947. The van der Waals surface area contributed by atoms with Crippen molar-refractivity contribution in [3.05, 3.63) is 83.4 Å². The van der Waals surface area contributed by atoms with Gasteiger partial charge in [0.05, 0.1) is 12.2 Å². The number of benzene rings is 2. The largest absolute Gasteiger partial charge is 0.462 e. The molecule has 2 aromatic rings. The number of ether oxygens (including phenoxy) is 3. The fourth-order valence-corrected chi connectivity index (χ4v) is 2.55. The molecule has 7 heteroatoms. The van der Waals surface area contributed by atoms with Gasteiger partial charge in [-0.25, -0.2) is 9.59 Å². The number of carbonyl (C=O) groups excluding carboxylic acids is 4. The zero-order valence-electron chi connectivity index (χ0n) is 17.3. The number of hydrogen-bond acceptors (Lipinski definition) is 7. The lowest BCUT2D eigenvalue weighted by atomic mass is 9.98. The third kappa shape index (κ3) is 7.54. The highest BCUT2D eigenvalue weighted by atomic mass is 16.6. The van der Waals surface area contributed by atoms with Gasteiger partial charge in [0, 0.05) is 23.1 Å². The van der Waals surface area contributed by atoms with Gasteiger partial charge in [0.2, 0.25) is 0 Å². The predicted octanol–water partition coefficient (Wildman–Crippen LogP) is 3.52. The van der Waals surface area contributed by atoms with Crippen molar-refractivity contribution >= 4 is 23.7 Å². The van der Waals surface area contributed by atoms with Crippen LogP contribution in [0.25, 0.3) is 0 Å². The second-order valence-electron chi connectivity index (χ2n) is 6.62. The highest BCUT2D eigenvalue weighted by Crippen LogP contribution is 2.16. The van der Waals surface area contributed by atoms with Crippen molar-refractivity contribution in [3.63, 3.8) is 0 Å². The van der Waals surface area contributed by atoms with E-state index in [-0.39, 0.29) is 48.7 Å². The zero-order chi connectivity index (χ0) is 22.6. The van der Waals surface area contributed by atoms with Crippen molar-refractivity contribution in [2.45, 2.75) is 19.8 Å². The number of ketones is 1. The second-order valence-corrected chi connectivity index (χ2v) is 6.62. The van der Waals surface area contributed by atoms with Crippen LogP contribution in [0.15, 0.2) is 66.7 Å². The molecule has 0 radical (unpaired) electrons. The summed E-state index contributed by atoms with van der Waals surface area (Å²) in [7, 11) is 0. The first-order chi connectivity index (χ1) is 14.9. The second kappa shape index (κ2) is 12.1. The van der Waals surface area contributed by atoms with Gasteiger partial charge in [-0.3, -0.25) is 9.59 Å². The van der Waals surface area contributed by atoms with E-state index in [2.05, 4.69) is 6.58 Å². The fraction of sp³-hybridized carbons (Fsp3) is 0.250. The molecule has 0 spiro atoms. The molecule has 0 N–H and O–H groups in total. The number of esters is 3.